The molecule has 0 spiro atoms. The van der Waals surface area contributed by atoms with E-state index in [1.165, 1.54) is 6.07 Å². The number of Topliss-reactive ketones (excluding diaryl/α,β-unsaturated/α-hetero) is 1. The molecule has 0 heterocycles. The average Bonchev–Trinajstić information content (AvgIpc) is 2.60. The number of halogens is 4. The van der Waals surface area contributed by atoms with E-state index in [2.05, 4.69) is 10.5 Å². The van der Waals surface area contributed by atoms with Crippen molar-refractivity contribution in [1.29, 1.82) is 5.26 Å². The van der Waals surface area contributed by atoms with Gasteiger partial charge in [0.25, 0.3) is 0 Å². The maximum absolute atomic E-state index is 12.9. The van der Waals surface area contributed by atoms with Crippen LogP contribution in [-0.4, -0.2) is 11.5 Å². The molecule has 0 amide bonds. The van der Waals surface area contributed by atoms with Crippen molar-refractivity contribution in [1.82, 2.24) is 0 Å². The Morgan fingerprint density at radius 3 is 2.18 bits per heavy atom. The molecule has 2 aromatic carbocycles. The smallest absolute Gasteiger partial charge is 0.286 e. The van der Waals surface area contributed by atoms with Crippen LogP contribution >= 0.6 is 11.6 Å². The standard InChI is InChI=1S/C20H17ClF3N3O/c1-19(2,3)13-6-4-12(5-7-13)18(28)17(11-25)27-26-16-9-14(20(22,23)24)8-15(21)10-16/h4-10,26H,1-3H3/b27-17+. The van der Waals surface area contributed by atoms with Crippen LogP contribution in [0.3, 0.4) is 0 Å². The lowest BCUT2D eigenvalue weighted by Gasteiger charge is -2.18. The van der Waals surface area contributed by atoms with Gasteiger partial charge in [0.2, 0.25) is 11.5 Å². The number of rotatable bonds is 4. The molecule has 0 saturated carbocycles. The Labute approximate surface area is 165 Å². The summed E-state index contributed by atoms with van der Waals surface area (Å²) in [6.45, 7) is 6.07. The zero-order valence-electron chi connectivity index (χ0n) is 15.4. The quantitative estimate of drug-likeness (QED) is 0.394. The Hall–Kier alpha value is -2.85. The van der Waals surface area contributed by atoms with E-state index in [0.717, 1.165) is 17.7 Å². The highest BCUT2D eigenvalue weighted by Crippen LogP contribution is 2.33. The maximum atomic E-state index is 12.9. The van der Waals surface area contributed by atoms with E-state index >= 15 is 0 Å². The van der Waals surface area contributed by atoms with Gasteiger partial charge in [0.15, 0.2) is 0 Å². The van der Waals surface area contributed by atoms with Crippen molar-refractivity contribution in [3.05, 3.63) is 64.2 Å². The van der Waals surface area contributed by atoms with E-state index in [1.54, 1.807) is 30.3 Å². The second kappa shape index (κ2) is 8.03. The summed E-state index contributed by atoms with van der Waals surface area (Å²) < 4.78 is 38.6. The van der Waals surface area contributed by atoms with E-state index in [-0.39, 0.29) is 21.7 Å². The largest absolute Gasteiger partial charge is 0.416 e. The highest BCUT2D eigenvalue weighted by Gasteiger charge is 2.31. The highest BCUT2D eigenvalue weighted by atomic mass is 35.5. The molecular weight excluding hydrogens is 391 g/mol. The van der Waals surface area contributed by atoms with Crippen molar-refractivity contribution in [2.75, 3.05) is 5.43 Å². The molecule has 0 unspecified atom stereocenters. The van der Waals surface area contributed by atoms with Crippen LogP contribution in [0.4, 0.5) is 18.9 Å². The average molecular weight is 408 g/mol. The van der Waals surface area contributed by atoms with Gasteiger partial charge in [-0.05, 0) is 29.2 Å². The lowest BCUT2D eigenvalue weighted by atomic mass is 9.86. The first-order valence-corrected chi connectivity index (χ1v) is 8.56. The van der Waals surface area contributed by atoms with Gasteiger partial charge in [-0.2, -0.15) is 23.5 Å². The van der Waals surface area contributed by atoms with Crippen LogP contribution in [0.2, 0.25) is 5.02 Å². The Kier molecular flexibility index (Phi) is 6.15. The Balaban J connectivity index is 2.26. The van der Waals surface area contributed by atoms with Crippen molar-refractivity contribution in [3.8, 4) is 6.07 Å². The van der Waals surface area contributed by atoms with Crippen molar-refractivity contribution < 1.29 is 18.0 Å². The molecule has 146 valence electrons. The van der Waals surface area contributed by atoms with E-state index in [1.807, 2.05) is 20.8 Å². The molecule has 4 nitrogen and oxygen atoms in total. The number of hydrogen-bond donors (Lipinski definition) is 1. The van der Waals surface area contributed by atoms with E-state index in [9.17, 15) is 23.2 Å². The third-order valence-electron chi connectivity index (χ3n) is 3.86. The van der Waals surface area contributed by atoms with Crippen molar-refractivity contribution >= 4 is 28.8 Å². The minimum atomic E-state index is -4.59. The minimum Gasteiger partial charge on any atom is -0.286 e. The molecular formula is C20H17ClF3N3O. The molecule has 0 aromatic heterocycles. The van der Waals surface area contributed by atoms with Crippen molar-refractivity contribution in [3.63, 3.8) is 0 Å². The number of anilines is 1. The number of hydrogen-bond acceptors (Lipinski definition) is 4. The first-order valence-electron chi connectivity index (χ1n) is 8.18. The fraction of sp³-hybridized carbons (Fsp3) is 0.250. The van der Waals surface area contributed by atoms with E-state index < -0.39 is 23.2 Å². The summed E-state index contributed by atoms with van der Waals surface area (Å²) in [5, 5.41) is 12.7. The third kappa shape index (κ3) is 5.33. The number of nitrogens with one attached hydrogen (secondary N) is 1. The van der Waals surface area contributed by atoms with Crippen LogP contribution in [0.25, 0.3) is 0 Å². The lowest BCUT2D eigenvalue weighted by molar-refractivity contribution is -0.137. The fourth-order valence-electron chi connectivity index (χ4n) is 2.32. The molecule has 28 heavy (non-hydrogen) atoms. The van der Waals surface area contributed by atoms with Gasteiger partial charge in [0.05, 0.1) is 11.3 Å². The van der Waals surface area contributed by atoms with Crippen LogP contribution in [-0.2, 0) is 11.6 Å². The topological polar surface area (TPSA) is 65.2 Å². The number of carbonyl (C=O) groups excluding carboxylic acids is 1. The van der Waals surface area contributed by atoms with Gasteiger partial charge in [0, 0.05) is 10.6 Å². The van der Waals surface area contributed by atoms with Gasteiger partial charge in [-0.15, -0.1) is 0 Å². The molecule has 0 saturated heterocycles. The summed E-state index contributed by atoms with van der Waals surface area (Å²) in [6, 6.07) is 11.1. The lowest BCUT2D eigenvalue weighted by Crippen LogP contribution is -2.16. The number of nitriles is 1. The number of nitrogens with zero attached hydrogens (tertiary/aromatic N) is 2. The zero-order valence-corrected chi connectivity index (χ0v) is 16.1. The maximum Gasteiger partial charge on any atom is 0.416 e. The summed E-state index contributed by atoms with van der Waals surface area (Å²) in [7, 11) is 0. The molecule has 2 aromatic rings. The molecule has 0 aliphatic rings. The zero-order chi connectivity index (χ0) is 21.1. The molecule has 0 aliphatic heterocycles. The SMILES string of the molecule is CC(C)(C)c1ccc(C(=O)/C(C#N)=N/Nc2cc(Cl)cc(C(F)(F)F)c2)cc1. The fourth-order valence-corrected chi connectivity index (χ4v) is 2.56. The second-order valence-electron chi connectivity index (χ2n) is 7.07. The van der Waals surface area contributed by atoms with Gasteiger partial charge >= 0.3 is 6.18 Å². The summed E-state index contributed by atoms with van der Waals surface area (Å²) >= 11 is 5.69. The van der Waals surface area contributed by atoms with Crippen LogP contribution in [0.1, 0.15) is 42.3 Å². The van der Waals surface area contributed by atoms with E-state index in [4.69, 9.17) is 11.6 Å². The molecule has 8 heteroatoms. The molecule has 2 rings (SSSR count). The molecule has 0 radical (unpaired) electrons. The first kappa shape index (κ1) is 21.5. The molecule has 0 bridgehead atoms. The number of hydrazone groups is 1. The predicted octanol–water partition coefficient (Wildman–Crippen LogP) is 5.83. The van der Waals surface area contributed by atoms with Crippen LogP contribution < -0.4 is 5.43 Å². The number of benzene rings is 2. The minimum absolute atomic E-state index is 0.0940. The van der Waals surface area contributed by atoms with Gasteiger partial charge in [-0.1, -0.05) is 56.6 Å². The number of alkyl halides is 3. The molecule has 1 N–H and O–H groups in total. The second-order valence-corrected chi connectivity index (χ2v) is 7.50. The summed E-state index contributed by atoms with van der Waals surface area (Å²) in [4.78, 5) is 12.5. The third-order valence-corrected chi connectivity index (χ3v) is 4.07. The van der Waals surface area contributed by atoms with Crippen LogP contribution in [0.5, 0.6) is 0 Å². The van der Waals surface area contributed by atoms with Gasteiger partial charge in [0.1, 0.15) is 6.07 Å². The highest BCUT2D eigenvalue weighted by molar-refractivity contribution is 6.51. The summed E-state index contributed by atoms with van der Waals surface area (Å²) in [5.74, 6) is -0.645. The normalized spacial score (nSPS) is 12.4. The summed E-state index contributed by atoms with van der Waals surface area (Å²) in [6.07, 6.45) is -4.59. The summed E-state index contributed by atoms with van der Waals surface area (Å²) in [5.41, 5.74) is 1.90. The molecule has 0 aliphatic carbocycles. The van der Waals surface area contributed by atoms with Crippen LogP contribution in [0, 0.1) is 11.3 Å². The Bertz CT molecular complexity index is 953. The van der Waals surface area contributed by atoms with Gasteiger partial charge in [-0.3, -0.25) is 10.2 Å². The van der Waals surface area contributed by atoms with Gasteiger partial charge in [-0.25, -0.2) is 0 Å². The molecule has 0 atom stereocenters. The van der Waals surface area contributed by atoms with Crippen molar-refractivity contribution in [2.24, 2.45) is 5.10 Å². The number of ketones is 1. The molecule has 0 fully saturated rings. The Morgan fingerprint density at radius 2 is 1.68 bits per heavy atom. The van der Waals surface area contributed by atoms with Gasteiger partial charge < -0.3 is 0 Å². The monoisotopic (exact) mass is 407 g/mol. The van der Waals surface area contributed by atoms with Crippen molar-refractivity contribution in [2.45, 2.75) is 32.4 Å². The predicted molar refractivity (Wildman–Crippen MR) is 103 cm³/mol. The van der Waals surface area contributed by atoms with E-state index in [0.29, 0.717) is 0 Å². The first-order chi connectivity index (χ1) is 12.9. The Morgan fingerprint density at radius 1 is 1.07 bits per heavy atom. The van der Waals surface area contributed by atoms with Crippen LogP contribution in [0.15, 0.2) is 47.6 Å². The number of carbonyl (C=O) groups is 1.